The van der Waals surface area contributed by atoms with Crippen LogP contribution in [0.4, 0.5) is 0 Å². The maximum absolute atomic E-state index is 12.5. The van der Waals surface area contributed by atoms with Crippen LogP contribution in [-0.4, -0.2) is 34.9 Å². The molecule has 6 heteroatoms. The lowest BCUT2D eigenvalue weighted by atomic mass is 10.2. The number of nitrogens with zero attached hydrogens (tertiary/aromatic N) is 2. The van der Waals surface area contributed by atoms with Crippen LogP contribution >= 0.6 is 11.3 Å². The number of benzene rings is 1. The molecule has 2 aromatic rings. The van der Waals surface area contributed by atoms with Crippen molar-refractivity contribution >= 4 is 33.2 Å². The fourth-order valence-electron chi connectivity index (χ4n) is 1.99. The van der Waals surface area contributed by atoms with Crippen LogP contribution in [0.3, 0.4) is 0 Å². The zero-order valence-electron chi connectivity index (χ0n) is 11.2. The molecule has 0 unspecified atom stereocenters. The molecule has 1 aromatic carbocycles. The lowest BCUT2D eigenvalue weighted by molar-refractivity contribution is 0.0783. The summed E-state index contributed by atoms with van der Waals surface area (Å²) in [7, 11) is 0. The second-order valence-corrected chi connectivity index (χ2v) is 5.55. The van der Waals surface area contributed by atoms with Crippen LogP contribution in [0.15, 0.2) is 35.5 Å². The van der Waals surface area contributed by atoms with Gasteiger partial charge in [0.05, 0.1) is 11.4 Å². The van der Waals surface area contributed by atoms with E-state index >= 15 is 0 Å². The fraction of sp³-hybridized carbons (Fsp3) is 0.286. The summed E-state index contributed by atoms with van der Waals surface area (Å²) in [4.78, 5) is 14.8. The van der Waals surface area contributed by atoms with E-state index < -0.39 is 0 Å². The molecule has 106 valence electrons. The van der Waals surface area contributed by atoms with Crippen molar-refractivity contribution in [1.82, 2.24) is 4.90 Å². The maximum Gasteiger partial charge on any atom is 0.264 e. The highest BCUT2D eigenvalue weighted by molar-refractivity contribution is 7.20. The zero-order chi connectivity index (χ0) is 14.5. The molecule has 20 heavy (non-hydrogen) atoms. The number of rotatable bonds is 5. The molecular weight excluding hydrogens is 274 g/mol. The summed E-state index contributed by atoms with van der Waals surface area (Å²) >= 11 is 1.46. The van der Waals surface area contributed by atoms with Crippen LogP contribution in [0, 0.1) is 0 Å². The number of hydrogen-bond donors (Lipinski definition) is 2. The van der Waals surface area contributed by atoms with E-state index in [0.29, 0.717) is 11.4 Å². The van der Waals surface area contributed by atoms with Crippen molar-refractivity contribution in [3.63, 3.8) is 0 Å². The largest absolute Gasteiger partial charge is 0.409 e. The van der Waals surface area contributed by atoms with E-state index in [4.69, 9.17) is 10.9 Å². The van der Waals surface area contributed by atoms with E-state index in [1.807, 2.05) is 37.3 Å². The Hall–Kier alpha value is -2.08. The Labute approximate surface area is 121 Å². The first-order valence-electron chi connectivity index (χ1n) is 6.40. The topological polar surface area (TPSA) is 78.9 Å². The Morgan fingerprint density at radius 1 is 1.45 bits per heavy atom. The minimum Gasteiger partial charge on any atom is -0.409 e. The van der Waals surface area contributed by atoms with Crippen molar-refractivity contribution in [2.75, 3.05) is 13.1 Å². The van der Waals surface area contributed by atoms with Gasteiger partial charge in [-0.05, 0) is 23.9 Å². The standard InChI is InChI=1S/C14H17N3O2S/c1-2-7-17(9-13(15)16-19)14(18)12-8-10-5-3-4-6-11(10)20-12/h3-6,8,19H,2,7,9H2,1H3,(H2,15,16). The molecule has 0 fully saturated rings. The third kappa shape index (κ3) is 3.08. The Kier molecular flexibility index (Phi) is 4.57. The van der Waals surface area contributed by atoms with Gasteiger partial charge in [0.2, 0.25) is 0 Å². The zero-order valence-corrected chi connectivity index (χ0v) is 12.1. The molecule has 0 radical (unpaired) electrons. The van der Waals surface area contributed by atoms with E-state index in [2.05, 4.69) is 5.16 Å². The summed E-state index contributed by atoms with van der Waals surface area (Å²) in [6.45, 7) is 2.69. The molecule has 0 aliphatic carbocycles. The van der Waals surface area contributed by atoms with Crippen molar-refractivity contribution in [2.45, 2.75) is 13.3 Å². The third-order valence-electron chi connectivity index (χ3n) is 2.90. The molecule has 0 aliphatic heterocycles. The highest BCUT2D eigenvalue weighted by Gasteiger charge is 2.18. The number of amidine groups is 1. The smallest absolute Gasteiger partial charge is 0.264 e. The van der Waals surface area contributed by atoms with Gasteiger partial charge in [-0.3, -0.25) is 4.79 Å². The van der Waals surface area contributed by atoms with E-state index in [0.717, 1.165) is 16.5 Å². The van der Waals surface area contributed by atoms with Crippen molar-refractivity contribution in [3.05, 3.63) is 35.2 Å². The first-order valence-corrected chi connectivity index (χ1v) is 7.21. The average molecular weight is 291 g/mol. The number of fused-ring (bicyclic) bond motifs is 1. The van der Waals surface area contributed by atoms with Gasteiger partial charge >= 0.3 is 0 Å². The van der Waals surface area contributed by atoms with Crippen molar-refractivity contribution in [3.8, 4) is 0 Å². The van der Waals surface area contributed by atoms with Gasteiger partial charge in [-0.2, -0.15) is 0 Å². The summed E-state index contributed by atoms with van der Waals surface area (Å²) in [6, 6.07) is 9.76. The first-order chi connectivity index (χ1) is 9.65. The van der Waals surface area contributed by atoms with Gasteiger partial charge < -0.3 is 15.8 Å². The van der Waals surface area contributed by atoms with Gasteiger partial charge in [-0.1, -0.05) is 30.3 Å². The summed E-state index contributed by atoms with van der Waals surface area (Å²) in [5.74, 6) is -0.0486. The third-order valence-corrected chi connectivity index (χ3v) is 4.00. The molecule has 3 N–H and O–H groups in total. The van der Waals surface area contributed by atoms with Crippen LogP contribution < -0.4 is 5.73 Å². The van der Waals surface area contributed by atoms with Crippen molar-refractivity contribution in [2.24, 2.45) is 10.9 Å². The predicted octanol–water partition coefficient (Wildman–Crippen LogP) is 2.50. The number of amides is 1. The van der Waals surface area contributed by atoms with Gasteiger partial charge in [0.15, 0.2) is 5.84 Å². The predicted molar refractivity (Wildman–Crippen MR) is 81.4 cm³/mol. The van der Waals surface area contributed by atoms with E-state index in [-0.39, 0.29) is 18.3 Å². The molecule has 5 nitrogen and oxygen atoms in total. The average Bonchev–Trinajstić information content (AvgIpc) is 2.89. The van der Waals surface area contributed by atoms with Crippen LogP contribution in [0.5, 0.6) is 0 Å². The van der Waals surface area contributed by atoms with Gasteiger partial charge in [-0.25, -0.2) is 0 Å². The second kappa shape index (κ2) is 6.38. The molecule has 0 bridgehead atoms. The highest BCUT2D eigenvalue weighted by Crippen LogP contribution is 2.26. The van der Waals surface area contributed by atoms with Crippen molar-refractivity contribution < 1.29 is 10.0 Å². The Balaban J connectivity index is 2.26. The summed E-state index contributed by atoms with van der Waals surface area (Å²) in [6.07, 6.45) is 0.815. The van der Waals surface area contributed by atoms with Crippen LogP contribution in [-0.2, 0) is 0 Å². The molecule has 0 spiro atoms. The lowest BCUT2D eigenvalue weighted by Gasteiger charge is -2.20. The normalized spacial score (nSPS) is 11.8. The van der Waals surface area contributed by atoms with E-state index in [1.165, 1.54) is 11.3 Å². The lowest BCUT2D eigenvalue weighted by Crippen LogP contribution is -2.38. The van der Waals surface area contributed by atoms with Gasteiger partial charge in [0, 0.05) is 11.2 Å². The molecule has 0 saturated heterocycles. The van der Waals surface area contributed by atoms with Crippen LogP contribution in [0.1, 0.15) is 23.0 Å². The number of carbonyl (C=O) groups is 1. The molecule has 0 atom stereocenters. The Morgan fingerprint density at radius 2 is 2.20 bits per heavy atom. The molecule has 1 aromatic heterocycles. The van der Waals surface area contributed by atoms with Crippen molar-refractivity contribution in [1.29, 1.82) is 0 Å². The SMILES string of the molecule is CCCN(CC(N)=NO)C(=O)c1cc2ccccc2s1. The number of carbonyl (C=O) groups excluding carboxylic acids is 1. The molecule has 1 heterocycles. The molecule has 2 rings (SSSR count). The molecule has 1 amide bonds. The molecule has 0 saturated carbocycles. The minimum atomic E-state index is -0.0837. The van der Waals surface area contributed by atoms with E-state index in [9.17, 15) is 4.79 Å². The quantitative estimate of drug-likeness (QED) is 0.384. The van der Waals surface area contributed by atoms with E-state index in [1.54, 1.807) is 4.90 Å². The fourth-order valence-corrected chi connectivity index (χ4v) is 3.02. The Bertz CT molecular complexity index is 603. The first kappa shape index (κ1) is 14.3. The number of nitrogens with two attached hydrogens (primary N) is 1. The minimum absolute atomic E-state index is 0.0351. The molecular formula is C14H17N3O2S. The van der Waals surface area contributed by atoms with Gasteiger partial charge in [0.25, 0.3) is 5.91 Å². The summed E-state index contributed by atoms with van der Waals surface area (Å²) < 4.78 is 1.08. The number of oxime groups is 1. The maximum atomic E-state index is 12.5. The summed E-state index contributed by atoms with van der Waals surface area (Å²) in [5, 5.41) is 12.6. The van der Waals surface area contributed by atoms with Gasteiger partial charge in [-0.15, -0.1) is 11.3 Å². The molecule has 0 aliphatic rings. The van der Waals surface area contributed by atoms with Gasteiger partial charge in [0.1, 0.15) is 0 Å². The monoisotopic (exact) mass is 291 g/mol. The Morgan fingerprint density at radius 3 is 2.85 bits per heavy atom. The second-order valence-electron chi connectivity index (χ2n) is 4.47. The number of thiophene rings is 1. The van der Waals surface area contributed by atoms with Crippen LogP contribution in [0.2, 0.25) is 0 Å². The van der Waals surface area contributed by atoms with Crippen LogP contribution in [0.25, 0.3) is 10.1 Å². The summed E-state index contributed by atoms with van der Waals surface area (Å²) in [5.41, 5.74) is 5.50. The number of hydrogen-bond acceptors (Lipinski definition) is 4. The highest BCUT2D eigenvalue weighted by atomic mass is 32.1.